The van der Waals surface area contributed by atoms with Crippen LogP contribution in [-0.4, -0.2) is 50.5 Å². The highest BCUT2D eigenvalue weighted by atomic mass is 35.5. The molecule has 0 heterocycles. The van der Waals surface area contributed by atoms with Crippen molar-refractivity contribution in [2.75, 3.05) is 23.7 Å². The van der Waals surface area contributed by atoms with Gasteiger partial charge in [0, 0.05) is 30.1 Å². The zero-order valence-electron chi connectivity index (χ0n) is 22.2. The molecule has 3 rings (SSSR count). The predicted octanol–water partition coefficient (Wildman–Crippen LogP) is 4.72. The zero-order chi connectivity index (χ0) is 28.6. The molecule has 0 aliphatic heterocycles. The van der Waals surface area contributed by atoms with Crippen molar-refractivity contribution in [3.8, 4) is 0 Å². The van der Waals surface area contributed by atoms with E-state index in [1.807, 2.05) is 37.3 Å². The molecule has 0 fully saturated rings. The summed E-state index contributed by atoms with van der Waals surface area (Å²) >= 11 is 6.25. The van der Waals surface area contributed by atoms with Crippen molar-refractivity contribution in [2.45, 2.75) is 39.3 Å². The van der Waals surface area contributed by atoms with Crippen LogP contribution in [0.5, 0.6) is 0 Å². The summed E-state index contributed by atoms with van der Waals surface area (Å²) in [5.41, 5.74) is 1.74. The number of amides is 2. The Hall–Kier alpha value is -3.43. The van der Waals surface area contributed by atoms with E-state index in [0.717, 1.165) is 16.1 Å². The van der Waals surface area contributed by atoms with Crippen LogP contribution in [-0.2, 0) is 32.6 Å². The van der Waals surface area contributed by atoms with Crippen molar-refractivity contribution in [2.24, 2.45) is 0 Å². The van der Waals surface area contributed by atoms with Gasteiger partial charge in [-0.05, 0) is 42.7 Å². The lowest BCUT2D eigenvalue weighted by molar-refractivity contribution is -0.140. The first-order valence-electron chi connectivity index (χ1n) is 12.6. The molecular formula is C29H33ClFN3O4S. The van der Waals surface area contributed by atoms with Gasteiger partial charge in [0.15, 0.2) is 0 Å². The average Bonchev–Trinajstić information content (AvgIpc) is 2.90. The summed E-state index contributed by atoms with van der Waals surface area (Å²) in [6.07, 6.45) is 1.84. The molecular weight excluding hydrogens is 541 g/mol. The summed E-state index contributed by atoms with van der Waals surface area (Å²) in [5.74, 6) is -1.60. The standard InChI is InChI=1S/C29H33ClFN3O4S/c1-4-17-32-29(36)27(18-22-11-6-5-7-12-22)33(19-23-13-8-9-15-25(23)31)28(35)20-34(39(3,37)38)26-16-10-14-24(30)21(26)2/h5-16,27H,4,17-20H2,1-3H3,(H,32,36). The first kappa shape index (κ1) is 30.1. The number of nitrogens with zero attached hydrogens (tertiary/aromatic N) is 2. The van der Waals surface area contributed by atoms with Gasteiger partial charge in [0.1, 0.15) is 18.4 Å². The van der Waals surface area contributed by atoms with Gasteiger partial charge in [0.2, 0.25) is 21.8 Å². The average molecular weight is 574 g/mol. The second kappa shape index (κ2) is 13.6. The van der Waals surface area contributed by atoms with E-state index in [2.05, 4.69) is 5.32 Å². The van der Waals surface area contributed by atoms with Crippen LogP contribution in [0, 0.1) is 12.7 Å². The molecule has 1 unspecified atom stereocenters. The summed E-state index contributed by atoms with van der Waals surface area (Å²) in [6, 6.07) is 18.9. The van der Waals surface area contributed by atoms with E-state index in [1.165, 1.54) is 23.1 Å². The Balaban J connectivity index is 2.08. The lowest BCUT2D eigenvalue weighted by Crippen LogP contribution is -2.53. The highest BCUT2D eigenvalue weighted by Gasteiger charge is 2.33. The lowest BCUT2D eigenvalue weighted by Gasteiger charge is -2.34. The number of nitrogens with one attached hydrogen (secondary N) is 1. The van der Waals surface area contributed by atoms with Gasteiger partial charge in [0.05, 0.1) is 11.9 Å². The maximum atomic E-state index is 14.8. The largest absolute Gasteiger partial charge is 0.354 e. The van der Waals surface area contributed by atoms with Gasteiger partial charge < -0.3 is 10.2 Å². The summed E-state index contributed by atoms with van der Waals surface area (Å²) in [7, 11) is -3.93. The molecule has 0 aliphatic rings. The van der Waals surface area contributed by atoms with E-state index in [-0.39, 0.29) is 24.2 Å². The fraction of sp³-hybridized carbons (Fsp3) is 0.310. The summed E-state index contributed by atoms with van der Waals surface area (Å²) in [6.45, 7) is 3.14. The molecule has 2 amide bonds. The minimum Gasteiger partial charge on any atom is -0.354 e. The third-order valence-corrected chi connectivity index (χ3v) is 7.84. The van der Waals surface area contributed by atoms with E-state index >= 15 is 0 Å². The van der Waals surface area contributed by atoms with Gasteiger partial charge in [-0.3, -0.25) is 13.9 Å². The highest BCUT2D eigenvalue weighted by molar-refractivity contribution is 7.92. The van der Waals surface area contributed by atoms with Crippen LogP contribution in [0.2, 0.25) is 5.02 Å². The second-order valence-corrected chi connectivity index (χ2v) is 11.6. The lowest BCUT2D eigenvalue weighted by atomic mass is 10.0. The first-order valence-corrected chi connectivity index (χ1v) is 14.8. The topological polar surface area (TPSA) is 86.8 Å². The summed E-state index contributed by atoms with van der Waals surface area (Å²) < 4.78 is 41.5. The van der Waals surface area contributed by atoms with Gasteiger partial charge in [0.25, 0.3) is 0 Å². The number of rotatable bonds is 12. The van der Waals surface area contributed by atoms with E-state index in [4.69, 9.17) is 11.6 Å². The molecule has 1 N–H and O–H groups in total. The zero-order valence-corrected chi connectivity index (χ0v) is 23.8. The summed E-state index contributed by atoms with van der Waals surface area (Å²) in [4.78, 5) is 28.7. The Morgan fingerprint density at radius 2 is 1.67 bits per heavy atom. The molecule has 3 aromatic rings. The molecule has 3 aromatic carbocycles. The number of sulfonamides is 1. The van der Waals surface area contributed by atoms with Gasteiger partial charge in [-0.15, -0.1) is 0 Å². The normalized spacial score (nSPS) is 12.0. The van der Waals surface area contributed by atoms with Crippen molar-refractivity contribution >= 4 is 39.1 Å². The van der Waals surface area contributed by atoms with Gasteiger partial charge >= 0.3 is 0 Å². The summed E-state index contributed by atoms with van der Waals surface area (Å²) in [5, 5.41) is 3.19. The van der Waals surface area contributed by atoms with Crippen molar-refractivity contribution in [1.29, 1.82) is 0 Å². The maximum Gasteiger partial charge on any atom is 0.244 e. The Morgan fingerprint density at radius 1 is 1.00 bits per heavy atom. The molecule has 0 aliphatic carbocycles. The van der Waals surface area contributed by atoms with Crippen LogP contribution in [0.15, 0.2) is 72.8 Å². The quantitative estimate of drug-likeness (QED) is 0.340. The first-order chi connectivity index (χ1) is 18.5. The predicted molar refractivity (Wildman–Crippen MR) is 153 cm³/mol. The molecule has 1 atom stereocenters. The molecule has 208 valence electrons. The molecule has 0 saturated carbocycles. The Morgan fingerprint density at radius 3 is 2.31 bits per heavy atom. The Bertz CT molecular complexity index is 1400. The van der Waals surface area contributed by atoms with E-state index < -0.39 is 40.2 Å². The number of hydrogen-bond acceptors (Lipinski definition) is 4. The fourth-order valence-electron chi connectivity index (χ4n) is 4.19. The third kappa shape index (κ3) is 8.03. The number of carbonyl (C=O) groups is 2. The van der Waals surface area contributed by atoms with Crippen molar-refractivity contribution in [3.63, 3.8) is 0 Å². The monoisotopic (exact) mass is 573 g/mol. The van der Waals surface area contributed by atoms with Gasteiger partial charge in [-0.25, -0.2) is 12.8 Å². The highest BCUT2D eigenvalue weighted by Crippen LogP contribution is 2.28. The van der Waals surface area contributed by atoms with Crippen LogP contribution in [0.1, 0.15) is 30.0 Å². The smallest absolute Gasteiger partial charge is 0.244 e. The molecule has 0 saturated heterocycles. The van der Waals surface area contributed by atoms with Crippen LogP contribution in [0.3, 0.4) is 0 Å². The van der Waals surface area contributed by atoms with E-state index in [9.17, 15) is 22.4 Å². The van der Waals surface area contributed by atoms with E-state index in [1.54, 1.807) is 31.2 Å². The van der Waals surface area contributed by atoms with Crippen LogP contribution >= 0.6 is 11.6 Å². The van der Waals surface area contributed by atoms with Gasteiger partial charge in [-0.2, -0.15) is 0 Å². The molecule has 0 bridgehead atoms. The molecule has 10 heteroatoms. The molecule has 0 radical (unpaired) electrons. The molecule has 7 nitrogen and oxygen atoms in total. The van der Waals surface area contributed by atoms with Crippen molar-refractivity contribution < 1.29 is 22.4 Å². The minimum absolute atomic E-state index is 0.158. The minimum atomic E-state index is -3.93. The van der Waals surface area contributed by atoms with Crippen molar-refractivity contribution in [1.82, 2.24) is 10.2 Å². The van der Waals surface area contributed by atoms with Crippen LogP contribution < -0.4 is 9.62 Å². The van der Waals surface area contributed by atoms with E-state index in [0.29, 0.717) is 23.6 Å². The molecule has 0 aromatic heterocycles. The Kier molecular flexibility index (Phi) is 10.5. The fourth-order valence-corrected chi connectivity index (χ4v) is 5.26. The number of halogens is 2. The molecule has 0 spiro atoms. The third-order valence-electron chi connectivity index (χ3n) is 6.31. The van der Waals surface area contributed by atoms with Gasteiger partial charge in [-0.1, -0.05) is 73.1 Å². The maximum absolute atomic E-state index is 14.8. The molecule has 39 heavy (non-hydrogen) atoms. The second-order valence-electron chi connectivity index (χ2n) is 9.26. The number of carbonyl (C=O) groups excluding carboxylic acids is 2. The number of hydrogen-bond donors (Lipinski definition) is 1. The van der Waals surface area contributed by atoms with Crippen molar-refractivity contribution in [3.05, 3.63) is 100 Å². The Labute approximate surface area is 234 Å². The number of anilines is 1. The van der Waals surface area contributed by atoms with Crippen LogP contribution in [0.25, 0.3) is 0 Å². The SMILES string of the molecule is CCCNC(=O)C(Cc1ccccc1)N(Cc1ccccc1F)C(=O)CN(c1cccc(Cl)c1C)S(C)(=O)=O. The number of benzene rings is 3. The van der Waals surface area contributed by atoms with Crippen LogP contribution in [0.4, 0.5) is 10.1 Å².